The number of hydrogen-bond acceptors (Lipinski definition) is 4. The van der Waals surface area contributed by atoms with Gasteiger partial charge in [-0.05, 0) is 68.4 Å². The van der Waals surface area contributed by atoms with Crippen molar-refractivity contribution in [1.29, 1.82) is 0 Å². The zero-order chi connectivity index (χ0) is 22.2. The van der Waals surface area contributed by atoms with Crippen LogP contribution in [-0.2, 0) is 14.8 Å². The largest absolute Gasteiger partial charge is 0.495 e. The van der Waals surface area contributed by atoms with Crippen LogP contribution in [-0.4, -0.2) is 34.0 Å². The summed E-state index contributed by atoms with van der Waals surface area (Å²) in [4.78, 5) is 13.0. The normalized spacial score (nSPS) is 22.4. The highest BCUT2D eigenvalue weighted by molar-refractivity contribution is 7.92. The maximum atomic E-state index is 13.5. The van der Waals surface area contributed by atoms with Crippen molar-refractivity contribution < 1.29 is 17.9 Å². The molecule has 166 valence electrons. The van der Waals surface area contributed by atoms with Gasteiger partial charge in [0.1, 0.15) is 12.3 Å². The van der Waals surface area contributed by atoms with Gasteiger partial charge in [0.25, 0.3) is 10.0 Å². The lowest BCUT2D eigenvalue weighted by Gasteiger charge is -2.27. The van der Waals surface area contributed by atoms with E-state index in [1.54, 1.807) is 36.4 Å². The number of carbonyl (C=O) groups excluding carboxylic acids is 1. The molecule has 3 atom stereocenters. The Labute approximate surface area is 188 Å². The van der Waals surface area contributed by atoms with Crippen LogP contribution in [0.3, 0.4) is 0 Å². The SMILES string of the molecule is COc1ccc(N(CC(=O)N[C@@H]2C[C@@H]3CC[C@H]2C3)S(=O)(=O)c2ccc(C)cc2)cc1Cl. The summed E-state index contributed by atoms with van der Waals surface area (Å²) in [5, 5.41) is 3.35. The molecule has 2 aliphatic carbocycles. The van der Waals surface area contributed by atoms with E-state index >= 15 is 0 Å². The van der Waals surface area contributed by atoms with Crippen molar-refractivity contribution in [3.05, 3.63) is 53.1 Å². The van der Waals surface area contributed by atoms with E-state index < -0.39 is 10.0 Å². The quantitative estimate of drug-likeness (QED) is 0.670. The fourth-order valence-electron chi connectivity index (χ4n) is 4.77. The van der Waals surface area contributed by atoms with E-state index in [2.05, 4.69) is 5.32 Å². The van der Waals surface area contributed by atoms with Crippen LogP contribution in [0, 0.1) is 18.8 Å². The Morgan fingerprint density at radius 3 is 2.48 bits per heavy atom. The topological polar surface area (TPSA) is 75.7 Å². The van der Waals surface area contributed by atoms with Crippen molar-refractivity contribution in [2.45, 2.75) is 43.5 Å². The van der Waals surface area contributed by atoms with E-state index in [-0.39, 0.29) is 28.4 Å². The number of rotatable bonds is 7. The van der Waals surface area contributed by atoms with Gasteiger partial charge in [-0.3, -0.25) is 9.10 Å². The Balaban J connectivity index is 1.62. The van der Waals surface area contributed by atoms with Gasteiger partial charge < -0.3 is 10.1 Å². The number of amides is 1. The van der Waals surface area contributed by atoms with E-state index in [0.29, 0.717) is 23.3 Å². The minimum Gasteiger partial charge on any atom is -0.495 e. The predicted octanol–water partition coefficient (Wildman–Crippen LogP) is 4.16. The third-order valence-corrected chi connectivity index (χ3v) is 8.49. The van der Waals surface area contributed by atoms with Gasteiger partial charge in [0.05, 0.1) is 22.7 Å². The Kier molecular flexibility index (Phi) is 6.17. The molecule has 2 saturated carbocycles. The lowest BCUT2D eigenvalue weighted by atomic mass is 9.95. The molecular formula is C23H27ClN2O4S. The van der Waals surface area contributed by atoms with Crippen molar-refractivity contribution in [3.63, 3.8) is 0 Å². The van der Waals surface area contributed by atoms with Gasteiger partial charge in [0.15, 0.2) is 0 Å². The molecule has 6 nitrogen and oxygen atoms in total. The highest BCUT2D eigenvalue weighted by Crippen LogP contribution is 2.44. The predicted molar refractivity (Wildman–Crippen MR) is 121 cm³/mol. The zero-order valence-electron chi connectivity index (χ0n) is 17.7. The second-order valence-corrected chi connectivity index (χ2v) is 10.8. The van der Waals surface area contributed by atoms with Gasteiger partial charge in [-0.25, -0.2) is 8.42 Å². The molecule has 1 amide bonds. The first-order chi connectivity index (χ1) is 14.8. The lowest BCUT2D eigenvalue weighted by molar-refractivity contribution is -0.120. The summed E-state index contributed by atoms with van der Waals surface area (Å²) in [5.74, 6) is 1.32. The molecule has 2 aromatic rings. The Morgan fingerprint density at radius 1 is 1.16 bits per heavy atom. The summed E-state index contributed by atoms with van der Waals surface area (Å²) < 4.78 is 33.3. The summed E-state index contributed by atoms with van der Waals surface area (Å²) in [5.41, 5.74) is 1.27. The van der Waals surface area contributed by atoms with E-state index in [1.165, 1.54) is 19.6 Å². The summed E-state index contributed by atoms with van der Waals surface area (Å²) in [7, 11) is -2.48. The number of hydrogen-bond donors (Lipinski definition) is 1. The van der Waals surface area contributed by atoms with Crippen molar-refractivity contribution >= 4 is 33.2 Å². The third-order valence-electron chi connectivity index (χ3n) is 6.40. The number of nitrogens with one attached hydrogen (secondary N) is 1. The van der Waals surface area contributed by atoms with Crippen LogP contribution in [0.1, 0.15) is 31.2 Å². The maximum absolute atomic E-state index is 13.5. The van der Waals surface area contributed by atoms with Crippen LogP contribution in [0.4, 0.5) is 5.69 Å². The van der Waals surface area contributed by atoms with Crippen LogP contribution in [0.15, 0.2) is 47.4 Å². The molecule has 0 heterocycles. The van der Waals surface area contributed by atoms with E-state index in [0.717, 1.165) is 29.1 Å². The molecule has 0 spiro atoms. The van der Waals surface area contributed by atoms with Crippen molar-refractivity contribution in [2.75, 3.05) is 18.0 Å². The van der Waals surface area contributed by atoms with Gasteiger partial charge in [0.2, 0.25) is 5.91 Å². The molecule has 2 aliphatic rings. The van der Waals surface area contributed by atoms with Gasteiger partial charge in [0, 0.05) is 6.04 Å². The Morgan fingerprint density at radius 2 is 1.90 bits per heavy atom. The zero-order valence-corrected chi connectivity index (χ0v) is 19.2. The number of benzene rings is 2. The number of aryl methyl sites for hydroxylation is 1. The highest BCUT2D eigenvalue weighted by Gasteiger charge is 2.40. The van der Waals surface area contributed by atoms with Crippen LogP contribution < -0.4 is 14.4 Å². The third kappa shape index (κ3) is 4.53. The number of nitrogens with zero attached hydrogens (tertiary/aromatic N) is 1. The number of fused-ring (bicyclic) bond motifs is 2. The second-order valence-electron chi connectivity index (χ2n) is 8.49. The number of methoxy groups -OCH3 is 1. The first-order valence-corrected chi connectivity index (χ1v) is 12.3. The Bertz CT molecular complexity index is 1070. The molecule has 2 fully saturated rings. The minimum absolute atomic E-state index is 0.123. The monoisotopic (exact) mass is 462 g/mol. The smallest absolute Gasteiger partial charge is 0.264 e. The summed E-state index contributed by atoms with van der Waals surface area (Å²) >= 11 is 6.26. The van der Waals surface area contributed by atoms with Gasteiger partial charge in [-0.2, -0.15) is 0 Å². The van der Waals surface area contributed by atoms with Gasteiger partial charge in [-0.1, -0.05) is 35.7 Å². The van der Waals surface area contributed by atoms with Crippen molar-refractivity contribution in [3.8, 4) is 5.75 Å². The van der Waals surface area contributed by atoms with Crippen molar-refractivity contribution in [2.24, 2.45) is 11.8 Å². The fourth-order valence-corrected chi connectivity index (χ4v) is 6.43. The number of sulfonamides is 1. The number of carbonyl (C=O) groups is 1. The average Bonchev–Trinajstić information content (AvgIpc) is 3.35. The molecular weight excluding hydrogens is 436 g/mol. The molecule has 0 unspecified atom stereocenters. The van der Waals surface area contributed by atoms with Crippen LogP contribution in [0.2, 0.25) is 5.02 Å². The molecule has 31 heavy (non-hydrogen) atoms. The molecule has 0 saturated heterocycles. The number of halogens is 1. The highest BCUT2D eigenvalue weighted by atomic mass is 35.5. The first kappa shape index (κ1) is 22.0. The molecule has 2 aromatic carbocycles. The van der Waals surface area contributed by atoms with Gasteiger partial charge in [-0.15, -0.1) is 0 Å². The van der Waals surface area contributed by atoms with Crippen LogP contribution in [0.5, 0.6) is 5.75 Å². The van der Waals surface area contributed by atoms with E-state index in [4.69, 9.17) is 16.3 Å². The average molecular weight is 463 g/mol. The lowest BCUT2D eigenvalue weighted by Crippen LogP contribution is -2.46. The standard InChI is InChI=1S/C23H27ClN2O4S/c1-15-3-8-19(9-4-15)31(28,29)26(18-7-10-22(30-2)20(24)13-18)14-23(27)25-21-12-16-5-6-17(21)11-16/h3-4,7-10,13,16-17,21H,5-6,11-12,14H2,1-2H3,(H,25,27)/t16-,17+,21-/m1/s1. The van der Waals surface area contributed by atoms with E-state index in [9.17, 15) is 13.2 Å². The van der Waals surface area contributed by atoms with Crippen LogP contribution in [0.25, 0.3) is 0 Å². The fraction of sp³-hybridized carbons (Fsp3) is 0.435. The summed E-state index contributed by atoms with van der Waals surface area (Å²) in [6, 6.07) is 11.4. The number of ether oxygens (including phenoxy) is 1. The minimum atomic E-state index is -3.97. The van der Waals surface area contributed by atoms with E-state index in [1.807, 2.05) is 6.92 Å². The van der Waals surface area contributed by atoms with Gasteiger partial charge >= 0.3 is 0 Å². The van der Waals surface area contributed by atoms with Crippen LogP contribution >= 0.6 is 11.6 Å². The second kappa shape index (κ2) is 8.71. The maximum Gasteiger partial charge on any atom is 0.264 e. The Hall–Kier alpha value is -2.25. The molecule has 1 N–H and O–H groups in total. The molecule has 0 aliphatic heterocycles. The molecule has 8 heteroatoms. The summed E-state index contributed by atoms with van der Waals surface area (Å²) in [6.07, 6.45) is 4.50. The first-order valence-electron chi connectivity index (χ1n) is 10.5. The molecule has 0 radical (unpaired) electrons. The summed E-state index contributed by atoms with van der Waals surface area (Å²) in [6.45, 7) is 1.58. The van der Waals surface area contributed by atoms with Crippen molar-refractivity contribution in [1.82, 2.24) is 5.32 Å². The molecule has 4 rings (SSSR count). The molecule has 0 aromatic heterocycles. The molecule has 2 bridgehead atoms. The number of anilines is 1.